The van der Waals surface area contributed by atoms with Gasteiger partial charge in [0.1, 0.15) is 5.82 Å². The van der Waals surface area contributed by atoms with Crippen LogP contribution in [-0.2, 0) is 0 Å². The summed E-state index contributed by atoms with van der Waals surface area (Å²) in [6.07, 6.45) is 0. The van der Waals surface area contributed by atoms with E-state index in [4.69, 9.17) is 0 Å². The van der Waals surface area contributed by atoms with E-state index in [0.29, 0.717) is 5.69 Å². The van der Waals surface area contributed by atoms with Crippen molar-refractivity contribution in [1.82, 2.24) is 5.32 Å². The zero-order chi connectivity index (χ0) is 11.4. The second-order valence-corrected chi connectivity index (χ2v) is 3.71. The maximum Gasteiger partial charge on any atom is 0.319 e. The summed E-state index contributed by atoms with van der Waals surface area (Å²) >= 11 is 0. The van der Waals surface area contributed by atoms with Crippen LogP contribution in [0.1, 0.15) is 19.4 Å². The van der Waals surface area contributed by atoms with Crippen molar-refractivity contribution < 1.29 is 9.18 Å². The van der Waals surface area contributed by atoms with Gasteiger partial charge in [-0.1, -0.05) is 6.07 Å². The molecule has 3 nitrogen and oxygen atoms in total. The number of hydrogen-bond donors (Lipinski definition) is 2. The normalized spacial score (nSPS) is 10.2. The van der Waals surface area contributed by atoms with E-state index >= 15 is 0 Å². The van der Waals surface area contributed by atoms with E-state index in [1.807, 2.05) is 20.8 Å². The number of halogens is 1. The average Bonchev–Trinajstić information content (AvgIpc) is 2.10. The summed E-state index contributed by atoms with van der Waals surface area (Å²) < 4.78 is 12.9. The number of rotatable bonds is 2. The van der Waals surface area contributed by atoms with Crippen molar-refractivity contribution in [2.45, 2.75) is 26.8 Å². The molecule has 4 heteroatoms. The molecule has 1 aromatic carbocycles. The summed E-state index contributed by atoms with van der Waals surface area (Å²) in [5.41, 5.74) is 1.32. The van der Waals surface area contributed by atoms with Gasteiger partial charge in [0.2, 0.25) is 0 Å². The third-order valence-electron chi connectivity index (χ3n) is 1.87. The Kier molecular flexibility index (Phi) is 3.66. The first-order valence-electron chi connectivity index (χ1n) is 4.82. The Balaban J connectivity index is 2.71. The molecule has 0 fully saturated rings. The number of amides is 2. The summed E-state index contributed by atoms with van der Waals surface area (Å²) in [7, 11) is 0. The molecule has 0 spiro atoms. The van der Waals surface area contributed by atoms with E-state index in [1.54, 1.807) is 6.07 Å². The largest absolute Gasteiger partial charge is 0.336 e. The van der Waals surface area contributed by atoms with Gasteiger partial charge < -0.3 is 10.6 Å². The summed E-state index contributed by atoms with van der Waals surface area (Å²) in [5, 5.41) is 5.26. The number of carbonyl (C=O) groups excluding carboxylic acids is 1. The van der Waals surface area contributed by atoms with Crippen molar-refractivity contribution in [3.05, 3.63) is 29.6 Å². The van der Waals surface area contributed by atoms with E-state index < -0.39 is 0 Å². The lowest BCUT2D eigenvalue weighted by molar-refractivity contribution is 0.250. The number of hydrogen-bond acceptors (Lipinski definition) is 1. The van der Waals surface area contributed by atoms with Crippen LogP contribution in [0.5, 0.6) is 0 Å². The Hall–Kier alpha value is -1.58. The SMILES string of the molecule is Cc1ccc(F)cc1NC(=O)NC(C)C. The second kappa shape index (κ2) is 4.77. The minimum Gasteiger partial charge on any atom is -0.336 e. The smallest absolute Gasteiger partial charge is 0.319 e. The van der Waals surface area contributed by atoms with Crippen LogP contribution in [0.15, 0.2) is 18.2 Å². The molecule has 2 N–H and O–H groups in total. The molecule has 0 atom stereocenters. The molecular weight excluding hydrogens is 195 g/mol. The fraction of sp³-hybridized carbons (Fsp3) is 0.364. The number of urea groups is 1. The third kappa shape index (κ3) is 3.58. The Labute approximate surface area is 88.7 Å². The van der Waals surface area contributed by atoms with Crippen LogP contribution in [0.4, 0.5) is 14.9 Å². The molecule has 15 heavy (non-hydrogen) atoms. The Bertz CT molecular complexity index is 364. The first-order valence-corrected chi connectivity index (χ1v) is 4.82. The molecule has 0 aromatic heterocycles. The molecule has 0 aliphatic heterocycles. The summed E-state index contributed by atoms with van der Waals surface area (Å²) in [6.45, 7) is 5.53. The average molecular weight is 210 g/mol. The van der Waals surface area contributed by atoms with Gasteiger partial charge in [0, 0.05) is 11.7 Å². The minimum atomic E-state index is -0.361. The number of benzene rings is 1. The molecule has 0 aliphatic rings. The topological polar surface area (TPSA) is 41.1 Å². The Morgan fingerprint density at radius 3 is 2.67 bits per heavy atom. The molecule has 1 aromatic rings. The number of anilines is 1. The molecule has 0 saturated carbocycles. The molecule has 0 saturated heterocycles. The Morgan fingerprint density at radius 1 is 1.40 bits per heavy atom. The molecule has 1 rings (SSSR count). The van der Waals surface area contributed by atoms with Gasteiger partial charge in [-0.2, -0.15) is 0 Å². The Morgan fingerprint density at radius 2 is 2.07 bits per heavy atom. The summed E-state index contributed by atoms with van der Waals surface area (Å²) in [6, 6.07) is 4.02. The van der Waals surface area contributed by atoms with Crippen molar-refractivity contribution in [3.63, 3.8) is 0 Å². The highest BCUT2D eigenvalue weighted by atomic mass is 19.1. The van der Waals surface area contributed by atoms with Crippen molar-refractivity contribution in [3.8, 4) is 0 Å². The van der Waals surface area contributed by atoms with Crippen LogP contribution in [0, 0.1) is 12.7 Å². The van der Waals surface area contributed by atoms with E-state index in [1.165, 1.54) is 12.1 Å². The van der Waals surface area contributed by atoms with Crippen molar-refractivity contribution in [2.24, 2.45) is 0 Å². The molecule has 0 bridgehead atoms. The van der Waals surface area contributed by atoms with Gasteiger partial charge in [-0.05, 0) is 38.5 Å². The number of aryl methyl sites for hydroxylation is 1. The maximum absolute atomic E-state index is 12.9. The molecule has 0 radical (unpaired) electrons. The highest BCUT2D eigenvalue weighted by molar-refractivity contribution is 5.90. The lowest BCUT2D eigenvalue weighted by Gasteiger charge is -2.11. The van der Waals surface area contributed by atoms with Gasteiger partial charge >= 0.3 is 6.03 Å². The predicted octanol–water partition coefficient (Wildman–Crippen LogP) is 2.66. The van der Waals surface area contributed by atoms with Crippen LogP contribution in [0.3, 0.4) is 0 Å². The zero-order valence-electron chi connectivity index (χ0n) is 9.10. The summed E-state index contributed by atoms with van der Waals surface area (Å²) in [5.74, 6) is -0.361. The quantitative estimate of drug-likeness (QED) is 0.774. The van der Waals surface area contributed by atoms with Gasteiger partial charge in [-0.15, -0.1) is 0 Å². The first kappa shape index (κ1) is 11.5. The lowest BCUT2D eigenvalue weighted by Crippen LogP contribution is -2.34. The van der Waals surface area contributed by atoms with E-state index in [0.717, 1.165) is 5.56 Å². The van der Waals surface area contributed by atoms with Crippen LogP contribution in [-0.4, -0.2) is 12.1 Å². The van der Waals surface area contributed by atoms with E-state index in [2.05, 4.69) is 10.6 Å². The highest BCUT2D eigenvalue weighted by Crippen LogP contribution is 2.15. The van der Waals surface area contributed by atoms with Crippen LogP contribution in [0.25, 0.3) is 0 Å². The molecule has 0 heterocycles. The van der Waals surface area contributed by atoms with Crippen LogP contribution < -0.4 is 10.6 Å². The highest BCUT2D eigenvalue weighted by Gasteiger charge is 2.06. The maximum atomic E-state index is 12.9. The van der Waals surface area contributed by atoms with Crippen molar-refractivity contribution in [2.75, 3.05) is 5.32 Å². The fourth-order valence-electron chi connectivity index (χ4n) is 1.15. The number of nitrogens with one attached hydrogen (secondary N) is 2. The monoisotopic (exact) mass is 210 g/mol. The molecule has 0 unspecified atom stereocenters. The molecule has 2 amide bonds. The lowest BCUT2D eigenvalue weighted by atomic mass is 10.2. The summed E-state index contributed by atoms with van der Waals surface area (Å²) in [4.78, 5) is 11.3. The molecule has 0 aliphatic carbocycles. The van der Waals surface area contributed by atoms with Crippen molar-refractivity contribution >= 4 is 11.7 Å². The third-order valence-corrected chi connectivity index (χ3v) is 1.87. The van der Waals surface area contributed by atoms with E-state index in [-0.39, 0.29) is 17.9 Å². The molecular formula is C11H15FN2O. The minimum absolute atomic E-state index is 0.0545. The zero-order valence-corrected chi connectivity index (χ0v) is 9.10. The van der Waals surface area contributed by atoms with Gasteiger partial charge in [0.25, 0.3) is 0 Å². The fourth-order valence-corrected chi connectivity index (χ4v) is 1.15. The first-order chi connectivity index (χ1) is 6.99. The predicted molar refractivity (Wildman–Crippen MR) is 58.4 cm³/mol. The van der Waals surface area contributed by atoms with Gasteiger partial charge in [0.15, 0.2) is 0 Å². The number of carbonyl (C=O) groups is 1. The standard InChI is InChI=1S/C11H15FN2O/c1-7(2)13-11(15)14-10-6-9(12)5-4-8(10)3/h4-7H,1-3H3,(H2,13,14,15). The van der Waals surface area contributed by atoms with Crippen LogP contribution in [0.2, 0.25) is 0 Å². The van der Waals surface area contributed by atoms with Gasteiger partial charge in [-0.25, -0.2) is 9.18 Å². The van der Waals surface area contributed by atoms with Gasteiger partial charge in [0.05, 0.1) is 0 Å². The van der Waals surface area contributed by atoms with Crippen LogP contribution >= 0.6 is 0 Å². The van der Waals surface area contributed by atoms with Gasteiger partial charge in [-0.3, -0.25) is 0 Å². The molecule has 82 valence electrons. The van der Waals surface area contributed by atoms with E-state index in [9.17, 15) is 9.18 Å². The second-order valence-electron chi connectivity index (χ2n) is 3.71. The van der Waals surface area contributed by atoms with Crippen molar-refractivity contribution in [1.29, 1.82) is 0 Å².